The number of rotatable bonds is 1. The van der Waals surface area contributed by atoms with Crippen molar-refractivity contribution >= 4 is 11.6 Å². The molecule has 1 atom stereocenters. The second-order valence-electron chi connectivity index (χ2n) is 9.03. The Hall–Kier alpha value is -2.99. The predicted molar refractivity (Wildman–Crippen MR) is 101 cm³/mol. The fraction of sp³-hybridized carbons (Fsp3) is 0.429. The number of benzene rings is 1. The van der Waals surface area contributed by atoms with Gasteiger partial charge in [0, 0.05) is 17.7 Å². The molecule has 2 aliphatic rings. The Morgan fingerprint density at radius 1 is 0.912 bits per heavy atom. The highest BCUT2D eigenvalue weighted by atomic mass is 19.4. The first-order chi connectivity index (χ1) is 15.4. The van der Waals surface area contributed by atoms with Crippen LogP contribution in [0.3, 0.4) is 0 Å². The Kier molecular flexibility index (Phi) is 4.98. The van der Waals surface area contributed by atoms with Gasteiger partial charge in [-0.15, -0.1) is 0 Å². The van der Waals surface area contributed by atoms with Crippen molar-refractivity contribution in [3.63, 3.8) is 0 Å². The summed E-state index contributed by atoms with van der Waals surface area (Å²) in [6, 6.07) is 2.47. The average Bonchev–Trinajstić information content (AvgIpc) is 3.08. The molecule has 4 rings (SSSR count). The number of aromatic nitrogens is 2. The number of hydrogen-bond donors (Lipinski definition) is 2. The van der Waals surface area contributed by atoms with Crippen molar-refractivity contribution in [3.8, 4) is 0 Å². The Labute approximate surface area is 186 Å². The maximum Gasteiger partial charge on any atom is 0.433 e. The first-order valence-corrected chi connectivity index (χ1v) is 9.84. The molecule has 1 aliphatic carbocycles. The van der Waals surface area contributed by atoms with Crippen molar-refractivity contribution < 1.29 is 44.3 Å². The van der Waals surface area contributed by atoms with Crippen LogP contribution >= 0.6 is 0 Å². The maximum atomic E-state index is 15.1. The van der Waals surface area contributed by atoms with E-state index < -0.39 is 81.0 Å². The number of carbonyl (C=O) groups is 1. The summed E-state index contributed by atoms with van der Waals surface area (Å²) in [6.45, 7) is 3.10. The second-order valence-corrected chi connectivity index (χ2v) is 9.03. The van der Waals surface area contributed by atoms with E-state index in [1.807, 2.05) is 0 Å². The molecule has 0 amide bonds. The van der Waals surface area contributed by atoms with Gasteiger partial charge in [-0.1, -0.05) is 32.0 Å². The normalized spacial score (nSPS) is 22.9. The molecule has 0 bridgehead atoms. The van der Waals surface area contributed by atoms with Crippen LogP contribution in [-0.4, -0.2) is 22.2 Å². The number of halogens is 9. The molecule has 4 nitrogen and oxygen atoms in total. The number of Topliss-reactive ketones (excluding diaryl/α,β-unsaturated/α-hetero) is 1. The van der Waals surface area contributed by atoms with Crippen molar-refractivity contribution in [1.29, 1.82) is 0 Å². The minimum Gasteiger partial charge on any atom is -0.342 e. The summed E-state index contributed by atoms with van der Waals surface area (Å²) >= 11 is 0. The quantitative estimate of drug-likeness (QED) is 0.451. The second kappa shape index (κ2) is 7.01. The summed E-state index contributed by atoms with van der Waals surface area (Å²) in [7, 11) is 0. The van der Waals surface area contributed by atoms with E-state index in [0.717, 1.165) is 12.1 Å². The molecule has 34 heavy (non-hydrogen) atoms. The number of carbonyl (C=O) groups excluding carboxylic acids is 1. The van der Waals surface area contributed by atoms with E-state index in [4.69, 9.17) is 0 Å². The third kappa shape index (κ3) is 3.38. The minimum absolute atomic E-state index is 0.228. The molecule has 1 aliphatic heterocycles. The summed E-state index contributed by atoms with van der Waals surface area (Å²) in [5.41, 5.74) is -13.5. The van der Waals surface area contributed by atoms with E-state index in [0.29, 0.717) is 12.1 Å². The van der Waals surface area contributed by atoms with Crippen molar-refractivity contribution in [2.75, 3.05) is 5.32 Å². The van der Waals surface area contributed by atoms with Crippen molar-refractivity contribution in [3.05, 3.63) is 57.9 Å². The van der Waals surface area contributed by atoms with Crippen LogP contribution in [0.15, 0.2) is 35.5 Å². The number of H-pyrrole nitrogens is 1. The fourth-order valence-corrected chi connectivity index (χ4v) is 4.90. The number of fused-ring (bicyclic) bond motifs is 1. The van der Waals surface area contributed by atoms with Crippen LogP contribution in [0.25, 0.3) is 0 Å². The molecular weight excluding hydrogens is 481 g/mol. The number of alkyl halides is 9. The zero-order valence-electron chi connectivity index (χ0n) is 17.5. The lowest BCUT2D eigenvalue weighted by molar-refractivity contribution is -0.178. The average molecular weight is 497 g/mol. The third-order valence-corrected chi connectivity index (χ3v) is 6.01. The lowest BCUT2D eigenvalue weighted by Gasteiger charge is -2.46. The zero-order chi connectivity index (χ0) is 25.5. The van der Waals surface area contributed by atoms with Crippen LogP contribution in [0.2, 0.25) is 0 Å². The lowest BCUT2D eigenvalue weighted by Crippen LogP contribution is -2.53. The van der Waals surface area contributed by atoms with E-state index in [1.54, 1.807) is 13.8 Å². The number of nitrogens with one attached hydrogen (secondary N) is 2. The molecule has 0 radical (unpaired) electrons. The SMILES string of the molecule is CC1(C)CC(=O)C2=C(C1)Nc1n[nH]c(C(F)(F)F)c1C2(c1ccccc1C(F)(F)F)C(F)(F)F. The molecule has 0 fully saturated rings. The monoisotopic (exact) mass is 497 g/mol. The van der Waals surface area contributed by atoms with Crippen LogP contribution in [0.4, 0.5) is 45.3 Å². The molecular formula is C21H16F9N3O. The van der Waals surface area contributed by atoms with Gasteiger partial charge < -0.3 is 5.32 Å². The number of anilines is 1. The van der Waals surface area contributed by atoms with Crippen LogP contribution in [0.1, 0.15) is 49.1 Å². The van der Waals surface area contributed by atoms with E-state index in [-0.39, 0.29) is 6.42 Å². The number of ketones is 1. The van der Waals surface area contributed by atoms with E-state index >= 15 is 13.2 Å². The van der Waals surface area contributed by atoms with E-state index in [9.17, 15) is 31.1 Å². The zero-order valence-corrected chi connectivity index (χ0v) is 17.5. The van der Waals surface area contributed by atoms with Crippen molar-refractivity contribution in [1.82, 2.24) is 10.2 Å². The largest absolute Gasteiger partial charge is 0.433 e. The highest BCUT2D eigenvalue weighted by molar-refractivity contribution is 6.03. The third-order valence-electron chi connectivity index (χ3n) is 6.01. The highest BCUT2D eigenvalue weighted by Crippen LogP contribution is 2.62. The number of allylic oxidation sites excluding steroid dienone is 2. The van der Waals surface area contributed by atoms with Gasteiger partial charge in [-0.3, -0.25) is 9.89 Å². The van der Waals surface area contributed by atoms with Crippen molar-refractivity contribution in [2.45, 2.75) is 50.6 Å². The van der Waals surface area contributed by atoms with Gasteiger partial charge in [-0.05, 0) is 23.5 Å². The van der Waals surface area contributed by atoms with E-state index in [2.05, 4.69) is 10.4 Å². The Morgan fingerprint density at radius 2 is 1.53 bits per heavy atom. The van der Waals surface area contributed by atoms with Crippen LogP contribution in [0, 0.1) is 5.41 Å². The highest BCUT2D eigenvalue weighted by Gasteiger charge is 2.69. The van der Waals surface area contributed by atoms with Gasteiger partial charge in [0.25, 0.3) is 0 Å². The molecule has 2 aromatic rings. The molecule has 1 unspecified atom stereocenters. The summed E-state index contributed by atoms with van der Waals surface area (Å²) in [4.78, 5) is 13.1. The smallest absolute Gasteiger partial charge is 0.342 e. The molecule has 2 N–H and O–H groups in total. The number of nitrogens with zero attached hydrogens (tertiary/aromatic N) is 1. The van der Waals surface area contributed by atoms with Gasteiger partial charge in [0.15, 0.2) is 17.0 Å². The molecule has 2 heterocycles. The molecule has 0 saturated heterocycles. The topological polar surface area (TPSA) is 57.8 Å². The summed E-state index contributed by atoms with van der Waals surface area (Å²) in [6.07, 6.45) is -17.3. The predicted octanol–water partition coefficient (Wildman–Crippen LogP) is 6.36. The standard InChI is InChI=1S/C21H16F9N3O/c1-17(2)7-11-13(12(34)8-17)18(21(28,29)30,9-5-3-4-6-10(9)19(22,23)24)14-15(20(25,26)27)32-33-16(14)31-11/h3-6H,7-8H2,1-2H3,(H2,31,32,33). The number of aromatic amines is 1. The summed E-state index contributed by atoms with van der Waals surface area (Å²) < 4.78 is 129. The van der Waals surface area contributed by atoms with Gasteiger partial charge >= 0.3 is 18.5 Å². The maximum absolute atomic E-state index is 15.1. The van der Waals surface area contributed by atoms with Crippen molar-refractivity contribution in [2.24, 2.45) is 5.41 Å². The Bertz CT molecular complexity index is 1200. The molecule has 0 spiro atoms. The lowest BCUT2D eigenvalue weighted by atomic mass is 9.59. The summed E-state index contributed by atoms with van der Waals surface area (Å²) in [5.74, 6) is -2.14. The Morgan fingerprint density at radius 3 is 2.09 bits per heavy atom. The molecule has 1 aromatic carbocycles. The molecule has 1 aromatic heterocycles. The minimum atomic E-state index is -5.78. The van der Waals surface area contributed by atoms with Crippen LogP contribution in [0.5, 0.6) is 0 Å². The molecule has 184 valence electrons. The first-order valence-electron chi connectivity index (χ1n) is 9.84. The molecule has 13 heteroatoms. The van der Waals surface area contributed by atoms with Gasteiger partial charge in [0.05, 0.1) is 11.1 Å². The van der Waals surface area contributed by atoms with Crippen LogP contribution < -0.4 is 5.32 Å². The van der Waals surface area contributed by atoms with Gasteiger partial charge in [0.2, 0.25) is 0 Å². The Balaban J connectivity index is 2.26. The first kappa shape index (κ1) is 24.1. The van der Waals surface area contributed by atoms with Crippen LogP contribution in [-0.2, 0) is 22.6 Å². The summed E-state index contributed by atoms with van der Waals surface area (Å²) in [5, 5.41) is 7.20. The van der Waals surface area contributed by atoms with Gasteiger partial charge in [-0.25, -0.2) is 0 Å². The van der Waals surface area contributed by atoms with E-state index in [1.165, 1.54) is 5.10 Å². The van der Waals surface area contributed by atoms with Gasteiger partial charge in [-0.2, -0.15) is 44.6 Å². The molecule has 0 saturated carbocycles. The van der Waals surface area contributed by atoms with Gasteiger partial charge in [0.1, 0.15) is 5.69 Å². The number of hydrogen-bond acceptors (Lipinski definition) is 3. The fourth-order valence-electron chi connectivity index (χ4n) is 4.90.